The summed E-state index contributed by atoms with van der Waals surface area (Å²) >= 11 is 0. The monoisotopic (exact) mass is 501 g/mol. The van der Waals surface area contributed by atoms with Gasteiger partial charge in [0.2, 0.25) is 5.91 Å². The molecule has 2 amide bonds. The number of imidazole rings is 1. The van der Waals surface area contributed by atoms with Gasteiger partial charge in [0.05, 0.1) is 31.5 Å². The Morgan fingerprint density at radius 3 is 2.51 bits per heavy atom. The van der Waals surface area contributed by atoms with Crippen LogP contribution in [0.5, 0.6) is 11.5 Å². The van der Waals surface area contributed by atoms with Crippen LogP contribution in [-0.4, -0.2) is 69.4 Å². The highest BCUT2D eigenvalue weighted by atomic mass is 16.5. The predicted octanol–water partition coefficient (Wildman–Crippen LogP) is 3.01. The van der Waals surface area contributed by atoms with E-state index >= 15 is 0 Å². The first-order chi connectivity index (χ1) is 18.0. The second-order valence-corrected chi connectivity index (χ2v) is 10.1. The molecular formula is C28H31N5O4. The van der Waals surface area contributed by atoms with E-state index in [1.807, 2.05) is 49.4 Å². The maximum absolute atomic E-state index is 13.2. The van der Waals surface area contributed by atoms with Crippen molar-refractivity contribution >= 4 is 11.8 Å². The summed E-state index contributed by atoms with van der Waals surface area (Å²) in [5, 5.41) is 3.18. The summed E-state index contributed by atoms with van der Waals surface area (Å²) in [6, 6.07) is 16.0. The topological polar surface area (TPSA) is 99.8 Å². The van der Waals surface area contributed by atoms with E-state index in [9.17, 15) is 9.59 Å². The van der Waals surface area contributed by atoms with Crippen LogP contribution in [0.4, 0.5) is 0 Å². The van der Waals surface area contributed by atoms with Crippen molar-refractivity contribution in [1.29, 1.82) is 0 Å². The van der Waals surface area contributed by atoms with Gasteiger partial charge in [-0.05, 0) is 55.2 Å². The highest BCUT2D eigenvalue weighted by Crippen LogP contribution is 2.30. The second kappa shape index (κ2) is 9.99. The summed E-state index contributed by atoms with van der Waals surface area (Å²) < 4.78 is 12.5. The molecule has 1 saturated heterocycles. The van der Waals surface area contributed by atoms with E-state index in [4.69, 9.17) is 9.47 Å². The molecule has 1 saturated carbocycles. The third kappa shape index (κ3) is 5.52. The first kappa shape index (κ1) is 23.7. The van der Waals surface area contributed by atoms with Gasteiger partial charge >= 0.3 is 0 Å². The molecule has 9 nitrogen and oxygen atoms in total. The molecule has 2 atom stereocenters. The molecule has 0 unspecified atom stereocenters. The zero-order chi connectivity index (χ0) is 25.4. The van der Waals surface area contributed by atoms with Gasteiger partial charge < -0.3 is 24.7 Å². The molecule has 9 heteroatoms. The third-order valence-electron chi connectivity index (χ3n) is 7.13. The van der Waals surface area contributed by atoms with Crippen LogP contribution in [0.3, 0.4) is 0 Å². The molecule has 37 heavy (non-hydrogen) atoms. The van der Waals surface area contributed by atoms with Crippen molar-refractivity contribution in [3.63, 3.8) is 0 Å². The van der Waals surface area contributed by atoms with Gasteiger partial charge in [0.1, 0.15) is 23.0 Å². The van der Waals surface area contributed by atoms with Crippen molar-refractivity contribution in [2.75, 3.05) is 19.6 Å². The number of aryl methyl sites for hydroxylation is 1. The summed E-state index contributed by atoms with van der Waals surface area (Å²) in [5.41, 5.74) is 2.50. The summed E-state index contributed by atoms with van der Waals surface area (Å²) in [7, 11) is 0. The Kier molecular flexibility index (Phi) is 6.40. The number of hydrogen-bond acceptors (Lipinski definition) is 6. The lowest BCUT2D eigenvalue weighted by atomic mass is 10.1. The number of hydrogen-bond donors (Lipinski definition) is 2. The Balaban J connectivity index is 1.27. The molecular weight excluding hydrogens is 470 g/mol. The molecule has 1 aromatic heterocycles. The van der Waals surface area contributed by atoms with Crippen LogP contribution >= 0.6 is 0 Å². The number of likely N-dealkylation sites (tertiary alicyclic amines) is 1. The molecule has 0 spiro atoms. The van der Waals surface area contributed by atoms with Crippen molar-refractivity contribution in [1.82, 2.24) is 25.1 Å². The fourth-order valence-corrected chi connectivity index (χ4v) is 5.12. The van der Waals surface area contributed by atoms with E-state index in [2.05, 4.69) is 26.3 Å². The van der Waals surface area contributed by atoms with Gasteiger partial charge in [-0.3, -0.25) is 14.5 Å². The van der Waals surface area contributed by atoms with Crippen LogP contribution in [-0.2, 0) is 22.7 Å². The van der Waals surface area contributed by atoms with Gasteiger partial charge in [0.15, 0.2) is 0 Å². The number of fused-ring (bicyclic) bond motifs is 5. The van der Waals surface area contributed by atoms with Crippen molar-refractivity contribution in [2.45, 2.75) is 51.1 Å². The fourth-order valence-electron chi connectivity index (χ4n) is 5.12. The molecule has 3 heterocycles. The van der Waals surface area contributed by atoms with Gasteiger partial charge in [0, 0.05) is 25.7 Å². The number of ether oxygens (including phenoxy) is 2. The first-order valence-electron chi connectivity index (χ1n) is 12.8. The molecule has 6 rings (SSSR count). The minimum absolute atomic E-state index is 0.0568. The Hall–Kier alpha value is -3.69. The van der Waals surface area contributed by atoms with Crippen LogP contribution < -0.4 is 10.1 Å². The third-order valence-corrected chi connectivity index (χ3v) is 7.13. The van der Waals surface area contributed by atoms with Gasteiger partial charge in [-0.25, -0.2) is 4.98 Å². The fraction of sp³-hybridized carbons (Fsp3) is 0.393. The van der Waals surface area contributed by atoms with Crippen LogP contribution in [0.1, 0.15) is 40.3 Å². The lowest BCUT2D eigenvalue weighted by molar-refractivity contribution is -0.124. The Morgan fingerprint density at radius 1 is 1.03 bits per heavy atom. The van der Waals surface area contributed by atoms with Crippen LogP contribution in [0, 0.1) is 6.92 Å². The van der Waals surface area contributed by atoms with Crippen molar-refractivity contribution in [2.24, 2.45) is 0 Å². The number of aromatic nitrogens is 2. The molecule has 3 aliphatic rings. The van der Waals surface area contributed by atoms with E-state index in [0.29, 0.717) is 50.3 Å². The maximum Gasteiger partial charge on any atom is 0.272 e. The SMILES string of the molecule is Cc1ncc(C(=O)N2C[C@@H]3NC(=O)CN(C4CC4)Cc4cccc(c4)Oc4cccc(c4)CO[C@H]3C2)[nH]1. The smallest absolute Gasteiger partial charge is 0.272 e. The molecule has 2 fully saturated rings. The average molecular weight is 502 g/mol. The number of rotatable bonds is 2. The number of carbonyl (C=O) groups excluding carboxylic acids is 2. The molecule has 4 bridgehead atoms. The number of aromatic amines is 1. The van der Waals surface area contributed by atoms with Gasteiger partial charge in [-0.2, -0.15) is 0 Å². The van der Waals surface area contributed by atoms with E-state index in [-0.39, 0.29) is 24.0 Å². The van der Waals surface area contributed by atoms with E-state index in [0.717, 1.165) is 35.5 Å². The zero-order valence-corrected chi connectivity index (χ0v) is 20.9. The van der Waals surface area contributed by atoms with E-state index in [1.54, 1.807) is 11.1 Å². The second-order valence-electron chi connectivity index (χ2n) is 10.1. The quantitative estimate of drug-likeness (QED) is 0.560. The first-order valence-corrected chi connectivity index (χ1v) is 12.8. The van der Waals surface area contributed by atoms with Crippen molar-refractivity contribution in [3.05, 3.63) is 77.4 Å². The number of carbonyl (C=O) groups is 2. The maximum atomic E-state index is 13.2. The molecule has 3 aromatic rings. The highest BCUT2D eigenvalue weighted by Gasteiger charge is 2.38. The van der Waals surface area contributed by atoms with Crippen molar-refractivity contribution in [3.8, 4) is 11.5 Å². The number of nitrogens with one attached hydrogen (secondary N) is 2. The molecule has 1 aliphatic carbocycles. The number of nitrogens with zero attached hydrogens (tertiary/aromatic N) is 3. The Morgan fingerprint density at radius 2 is 1.78 bits per heavy atom. The predicted molar refractivity (Wildman–Crippen MR) is 136 cm³/mol. The van der Waals surface area contributed by atoms with Crippen molar-refractivity contribution < 1.29 is 19.1 Å². The molecule has 192 valence electrons. The number of H-pyrrole nitrogens is 1. The summed E-state index contributed by atoms with van der Waals surface area (Å²) in [6.45, 7) is 3.88. The molecule has 0 radical (unpaired) electrons. The minimum Gasteiger partial charge on any atom is -0.457 e. The summed E-state index contributed by atoms with van der Waals surface area (Å²) in [6.07, 6.45) is 3.40. The summed E-state index contributed by atoms with van der Waals surface area (Å²) in [4.78, 5) is 37.4. The van der Waals surface area contributed by atoms with Crippen LogP contribution in [0.15, 0.2) is 54.7 Å². The standard InChI is InChI=1S/C28H31N5O4/c1-18-29-12-24(30-18)28(35)33-14-25-26(15-33)36-17-20-5-3-7-23(11-20)37-22-6-2-4-19(10-22)13-32(21-8-9-21)16-27(34)31-25/h2-7,10-12,21,25-26H,8-9,13-17H2,1H3,(H,29,30)(H,31,34)/t25-,26-/m0/s1. The van der Waals surface area contributed by atoms with Gasteiger partial charge in [0.25, 0.3) is 5.91 Å². The largest absolute Gasteiger partial charge is 0.457 e. The molecule has 2 N–H and O–H groups in total. The lowest BCUT2D eigenvalue weighted by Gasteiger charge is -2.25. The van der Waals surface area contributed by atoms with Gasteiger partial charge in [-0.1, -0.05) is 24.3 Å². The average Bonchev–Trinajstić information content (AvgIpc) is 3.52. The lowest BCUT2D eigenvalue weighted by Crippen LogP contribution is -2.48. The van der Waals surface area contributed by atoms with Crippen LogP contribution in [0.25, 0.3) is 0 Å². The van der Waals surface area contributed by atoms with E-state index < -0.39 is 0 Å². The molecule has 2 aromatic carbocycles. The molecule has 2 aliphatic heterocycles. The minimum atomic E-state index is -0.337. The zero-order valence-electron chi connectivity index (χ0n) is 20.9. The summed E-state index contributed by atoms with van der Waals surface area (Å²) in [5.74, 6) is 1.99. The number of amides is 2. The highest BCUT2D eigenvalue weighted by molar-refractivity contribution is 5.92. The Bertz CT molecular complexity index is 1300. The van der Waals surface area contributed by atoms with Gasteiger partial charge in [-0.15, -0.1) is 0 Å². The Labute approximate surface area is 215 Å². The van der Waals surface area contributed by atoms with E-state index in [1.165, 1.54) is 0 Å². The number of benzene rings is 2. The normalized spacial score (nSPS) is 22.7. The van der Waals surface area contributed by atoms with Crippen LogP contribution in [0.2, 0.25) is 0 Å².